The van der Waals surface area contributed by atoms with Crippen LogP contribution >= 0.6 is 12.2 Å². The van der Waals surface area contributed by atoms with Crippen LogP contribution in [0, 0.1) is 20.8 Å². The van der Waals surface area contributed by atoms with Crippen LogP contribution in [0.2, 0.25) is 0 Å². The van der Waals surface area contributed by atoms with E-state index in [1.54, 1.807) is 6.26 Å². The number of furan rings is 1. The second kappa shape index (κ2) is 8.24. The van der Waals surface area contributed by atoms with Gasteiger partial charge < -0.3 is 19.2 Å². The van der Waals surface area contributed by atoms with Crippen LogP contribution in [-0.2, 0) is 6.54 Å². The molecule has 0 radical (unpaired) electrons. The molecular weight excluding hydrogens is 418 g/mol. The number of nitrogens with one attached hydrogen (secondary N) is 1. The number of hydrogen-bond acceptors (Lipinski definition) is 4. The van der Waals surface area contributed by atoms with Crippen LogP contribution in [0.25, 0.3) is 5.82 Å². The van der Waals surface area contributed by atoms with Crippen molar-refractivity contribution >= 4 is 17.3 Å². The van der Waals surface area contributed by atoms with E-state index < -0.39 is 0 Å². The molecule has 1 aliphatic rings. The first-order chi connectivity index (χ1) is 15.5. The molecule has 6 nitrogen and oxygen atoms in total. The Bertz CT molecular complexity index is 1250. The Morgan fingerprint density at radius 2 is 1.88 bits per heavy atom. The van der Waals surface area contributed by atoms with Crippen molar-refractivity contribution in [3.05, 3.63) is 101 Å². The molecule has 0 amide bonds. The van der Waals surface area contributed by atoms with Gasteiger partial charge in [-0.15, -0.1) is 0 Å². The minimum Gasteiger partial charge on any atom is -0.467 e. The van der Waals surface area contributed by atoms with Gasteiger partial charge in [-0.3, -0.25) is 4.98 Å². The summed E-state index contributed by atoms with van der Waals surface area (Å²) in [6.45, 7) is 6.95. The number of pyridine rings is 2. The Hall–Kier alpha value is -3.45. The molecule has 0 bridgehead atoms. The summed E-state index contributed by atoms with van der Waals surface area (Å²) in [4.78, 5) is 11.5. The molecule has 1 saturated heterocycles. The molecule has 32 heavy (non-hydrogen) atoms. The van der Waals surface area contributed by atoms with Gasteiger partial charge in [0.25, 0.3) is 0 Å². The fourth-order valence-corrected chi connectivity index (χ4v) is 4.91. The summed E-state index contributed by atoms with van der Waals surface area (Å²) in [7, 11) is 0. The van der Waals surface area contributed by atoms with Crippen LogP contribution in [0.4, 0.5) is 0 Å². The van der Waals surface area contributed by atoms with E-state index in [0.717, 1.165) is 34.2 Å². The van der Waals surface area contributed by atoms with E-state index in [1.807, 2.05) is 48.8 Å². The monoisotopic (exact) mass is 443 g/mol. The van der Waals surface area contributed by atoms with Crippen molar-refractivity contribution in [1.29, 1.82) is 0 Å². The fraction of sp³-hybridized carbons (Fsp3) is 0.240. The van der Waals surface area contributed by atoms with Crippen molar-refractivity contribution in [3.63, 3.8) is 0 Å². The van der Waals surface area contributed by atoms with Gasteiger partial charge in [-0.1, -0.05) is 12.1 Å². The summed E-state index contributed by atoms with van der Waals surface area (Å²) in [5, 5.41) is 4.21. The van der Waals surface area contributed by atoms with Crippen molar-refractivity contribution in [2.45, 2.75) is 39.4 Å². The highest BCUT2D eigenvalue weighted by Gasteiger charge is 2.41. The maximum Gasteiger partial charge on any atom is 0.170 e. The van der Waals surface area contributed by atoms with Gasteiger partial charge in [0, 0.05) is 23.8 Å². The standard InChI is InChI=1S/C25H25N5OS/c1-16-8-6-12-27-24(16)30-17(2)14-20(18(30)3)23-22(21-10-4-5-11-26-21)28-25(32)29(23)15-19-9-7-13-31-19/h4-14,22-23H,15H2,1-3H3,(H,28,32)/t22-,23+/m0/s1. The molecule has 0 saturated carbocycles. The lowest BCUT2D eigenvalue weighted by Crippen LogP contribution is -2.29. The third kappa shape index (κ3) is 3.48. The van der Waals surface area contributed by atoms with Gasteiger partial charge in [-0.2, -0.15) is 0 Å². The first-order valence-corrected chi connectivity index (χ1v) is 11.1. The summed E-state index contributed by atoms with van der Waals surface area (Å²) >= 11 is 5.79. The zero-order valence-corrected chi connectivity index (χ0v) is 19.1. The summed E-state index contributed by atoms with van der Waals surface area (Å²) < 4.78 is 7.88. The molecule has 2 atom stereocenters. The first-order valence-electron chi connectivity index (χ1n) is 10.7. The van der Waals surface area contributed by atoms with E-state index in [2.05, 4.69) is 57.7 Å². The van der Waals surface area contributed by atoms with Crippen molar-refractivity contribution in [2.24, 2.45) is 0 Å². The van der Waals surface area contributed by atoms with Crippen LogP contribution in [0.15, 0.2) is 71.6 Å². The maximum atomic E-state index is 5.79. The molecule has 4 aromatic rings. The minimum atomic E-state index is -0.0718. The van der Waals surface area contributed by atoms with Crippen LogP contribution < -0.4 is 5.32 Å². The minimum absolute atomic E-state index is 0.0357. The van der Waals surface area contributed by atoms with E-state index in [-0.39, 0.29) is 12.1 Å². The molecule has 1 fully saturated rings. The number of nitrogens with zero attached hydrogens (tertiary/aromatic N) is 4. The molecule has 0 aliphatic carbocycles. The van der Waals surface area contributed by atoms with Crippen molar-refractivity contribution in [2.75, 3.05) is 0 Å². The molecule has 5 rings (SSSR count). The van der Waals surface area contributed by atoms with E-state index in [0.29, 0.717) is 11.7 Å². The van der Waals surface area contributed by atoms with Gasteiger partial charge in [0.15, 0.2) is 5.11 Å². The number of rotatable bonds is 5. The molecule has 1 aliphatic heterocycles. The topological polar surface area (TPSA) is 59.1 Å². The number of aromatic nitrogens is 3. The third-order valence-corrected chi connectivity index (χ3v) is 6.44. The Morgan fingerprint density at radius 3 is 2.59 bits per heavy atom. The summed E-state index contributed by atoms with van der Waals surface area (Å²) in [6.07, 6.45) is 5.36. The van der Waals surface area contributed by atoms with Crippen LogP contribution in [0.1, 0.15) is 46.1 Å². The van der Waals surface area contributed by atoms with Crippen LogP contribution in [0.5, 0.6) is 0 Å². The van der Waals surface area contributed by atoms with Gasteiger partial charge in [-0.05, 0) is 80.5 Å². The highest BCUT2D eigenvalue weighted by molar-refractivity contribution is 7.80. The Kier molecular flexibility index (Phi) is 5.27. The molecule has 0 unspecified atom stereocenters. The molecule has 162 valence electrons. The Balaban J connectivity index is 1.64. The lowest BCUT2D eigenvalue weighted by atomic mass is 9.96. The SMILES string of the molecule is Cc1cccnc1-n1c(C)cc([C@@H]2[C@H](c3ccccn3)NC(=S)N2Cc2ccco2)c1C. The van der Waals surface area contributed by atoms with E-state index in [4.69, 9.17) is 16.6 Å². The van der Waals surface area contributed by atoms with Gasteiger partial charge in [0.1, 0.15) is 11.6 Å². The first kappa shape index (κ1) is 20.5. The Labute approximate surface area is 192 Å². The summed E-state index contributed by atoms with van der Waals surface area (Å²) in [5.74, 6) is 1.82. The van der Waals surface area contributed by atoms with Crippen LogP contribution in [-0.4, -0.2) is 24.5 Å². The predicted molar refractivity (Wildman–Crippen MR) is 127 cm³/mol. The van der Waals surface area contributed by atoms with Gasteiger partial charge >= 0.3 is 0 Å². The molecule has 1 N–H and O–H groups in total. The summed E-state index contributed by atoms with van der Waals surface area (Å²) in [5.41, 5.74) is 5.57. The van der Waals surface area contributed by atoms with Gasteiger partial charge in [0.05, 0.1) is 30.6 Å². The highest BCUT2D eigenvalue weighted by atomic mass is 32.1. The van der Waals surface area contributed by atoms with E-state index in [9.17, 15) is 0 Å². The Morgan fingerprint density at radius 1 is 1.03 bits per heavy atom. The van der Waals surface area contributed by atoms with Gasteiger partial charge in [0.2, 0.25) is 0 Å². The number of hydrogen-bond donors (Lipinski definition) is 1. The normalized spacial score (nSPS) is 18.2. The third-order valence-electron chi connectivity index (χ3n) is 6.09. The van der Waals surface area contributed by atoms with Crippen molar-refractivity contribution < 1.29 is 4.42 Å². The van der Waals surface area contributed by atoms with E-state index >= 15 is 0 Å². The van der Waals surface area contributed by atoms with Crippen molar-refractivity contribution in [3.8, 4) is 5.82 Å². The molecule has 5 heterocycles. The molecule has 7 heteroatoms. The average molecular weight is 444 g/mol. The zero-order chi connectivity index (χ0) is 22.2. The van der Waals surface area contributed by atoms with E-state index in [1.165, 1.54) is 5.56 Å². The van der Waals surface area contributed by atoms with Crippen LogP contribution in [0.3, 0.4) is 0 Å². The quantitative estimate of drug-likeness (QED) is 0.440. The lowest BCUT2D eigenvalue weighted by Gasteiger charge is -2.27. The zero-order valence-electron chi connectivity index (χ0n) is 18.3. The molecule has 0 spiro atoms. The largest absolute Gasteiger partial charge is 0.467 e. The maximum absolute atomic E-state index is 5.79. The van der Waals surface area contributed by atoms with Crippen molar-refractivity contribution in [1.82, 2.24) is 24.8 Å². The second-order valence-corrected chi connectivity index (χ2v) is 8.53. The summed E-state index contributed by atoms with van der Waals surface area (Å²) in [6, 6.07) is 16.1. The lowest BCUT2D eigenvalue weighted by molar-refractivity contribution is 0.286. The smallest absolute Gasteiger partial charge is 0.170 e. The molecule has 0 aromatic carbocycles. The average Bonchev–Trinajstić information content (AvgIpc) is 3.49. The second-order valence-electron chi connectivity index (χ2n) is 8.14. The molecule has 4 aromatic heterocycles. The predicted octanol–water partition coefficient (Wildman–Crippen LogP) is 4.96. The number of thiocarbonyl (C=S) groups is 1. The number of aryl methyl sites for hydroxylation is 2. The molecular formula is C25H25N5OS. The highest BCUT2D eigenvalue weighted by Crippen LogP contribution is 2.42. The van der Waals surface area contributed by atoms with Gasteiger partial charge in [-0.25, -0.2) is 4.98 Å². The fourth-order valence-electron chi connectivity index (χ4n) is 4.61.